The van der Waals surface area contributed by atoms with Crippen molar-refractivity contribution in [2.24, 2.45) is 5.73 Å². The molecule has 0 aromatic carbocycles. The molecule has 0 aliphatic heterocycles. The molecule has 0 radical (unpaired) electrons. The van der Waals surface area contributed by atoms with Gasteiger partial charge in [-0.3, -0.25) is 0 Å². The van der Waals surface area contributed by atoms with Gasteiger partial charge in [-0.2, -0.15) is 5.10 Å². The Balaban J connectivity index is 2.70. The van der Waals surface area contributed by atoms with Gasteiger partial charge in [-0.05, 0) is 45.4 Å². The summed E-state index contributed by atoms with van der Waals surface area (Å²) in [5.74, 6) is 0.818. The highest BCUT2D eigenvalue weighted by atomic mass is 15.2. The Morgan fingerprint density at radius 2 is 2.13 bits per heavy atom. The normalized spacial score (nSPS) is 14.7. The minimum Gasteiger partial charge on any atom is -0.363 e. The highest BCUT2D eigenvalue weighted by Gasteiger charge is 2.20. The fraction of sp³-hybridized carbons (Fsp3) is 0.636. The second-order valence-electron chi connectivity index (χ2n) is 4.14. The predicted octanol–water partition coefficient (Wildman–Crippen LogP) is 1.71. The Morgan fingerprint density at radius 3 is 2.60 bits per heavy atom. The Labute approximate surface area is 91.3 Å². The van der Waals surface area contributed by atoms with Gasteiger partial charge in [0, 0.05) is 5.54 Å². The number of aryl methyl sites for hydroxylation is 1. The maximum absolute atomic E-state index is 5.59. The van der Waals surface area contributed by atoms with Gasteiger partial charge in [-0.1, -0.05) is 6.92 Å². The topological polar surface area (TPSA) is 63.8 Å². The van der Waals surface area contributed by atoms with Crippen LogP contribution in [0.25, 0.3) is 0 Å². The number of nitrogens with two attached hydrogens (primary N) is 1. The smallest absolute Gasteiger partial charge is 0.149 e. The Bertz CT molecular complexity index is 296. The largest absolute Gasteiger partial charge is 0.363 e. The van der Waals surface area contributed by atoms with Crippen LogP contribution < -0.4 is 11.1 Å². The van der Waals surface area contributed by atoms with Crippen LogP contribution in [-0.4, -0.2) is 22.3 Å². The molecule has 0 saturated carbocycles. The third-order valence-corrected chi connectivity index (χ3v) is 2.70. The molecule has 0 saturated heterocycles. The first kappa shape index (κ1) is 11.9. The van der Waals surface area contributed by atoms with Crippen LogP contribution in [0.3, 0.4) is 0 Å². The van der Waals surface area contributed by atoms with Crippen LogP contribution in [0.2, 0.25) is 0 Å². The third kappa shape index (κ3) is 3.47. The third-order valence-electron chi connectivity index (χ3n) is 2.70. The molecule has 1 rings (SSSR count). The highest BCUT2D eigenvalue weighted by molar-refractivity contribution is 5.36. The molecule has 15 heavy (non-hydrogen) atoms. The zero-order chi connectivity index (χ0) is 11.3. The summed E-state index contributed by atoms with van der Waals surface area (Å²) in [5.41, 5.74) is 6.53. The van der Waals surface area contributed by atoms with Gasteiger partial charge in [0.1, 0.15) is 5.82 Å². The van der Waals surface area contributed by atoms with Gasteiger partial charge in [0.25, 0.3) is 0 Å². The van der Waals surface area contributed by atoms with Crippen molar-refractivity contribution >= 4 is 5.82 Å². The van der Waals surface area contributed by atoms with Crippen molar-refractivity contribution < 1.29 is 0 Å². The van der Waals surface area contributed by atoms with E-state index in [0.29, 0.717) is 6.54 Å². The minimum atomic E-state index is 0.0126. The molecule has 0 amide bonds. The zero-order valence-electron chi connectivity index (χ0n) is 9.75. The summed E-state index contributed by atoms with van der Waals surface area (Å²) in [7, 11) is 0. The van der Waals surface area contributed by atoms with Gasteiger partial charge < -0.3 is 11.1 Å². The number of aromatic nitrogens is 2. The van der Waals surface area contributed by atoms with E-state index in [1.165, 1.54) is 0 Å². The molecule has 84 valence electrons. The Morgan fingerprint density at radius 1 is 1.40 bits per heavy atom. The van der Waals surface area contributed by atoms with E-state index in [9.17, 15) is 0 Å². The molecule has 1 aromatic rings. The molecule has 4 heteroatoms. The summed E-state index contributed by atoms with van der Waals surface area (Å²) in [5, 5.41) is 11.5. The van der Waals surface area contributed by atoms with E-state index >= 15 is 0 Å². The average molecular weight is 208 g/mol. The van der Waals surface area contributed by atoms with Crippen LogP contribution in [0.15, 0.2) is 12.1 Å². The first-order valence-electron chi connectivity index (χ1n) is 5.38. The second kappa shape index (κ2) is 5.07. The van der Waals surface area contributed by atoms with Crippen LogP contribution in [0.5, 0.6) is 0 Å². The van der Waals surface area contributed by atoms with Gasteiger partial charge in [0.05, 0.1) is 5.69 Å². The van der Waals surface area contributed by atoms with Gasteiger partial charge in [-0.25, -0.2) is 0 Å². The maximum Gasteiger partial charge on any atom is 0.149 e. The molecule has 0 aliphatic rings. The lowest BCUT2D eigenvalue weighted by molar-refractivity contribution is 0.461. The summed E-state index contributed by atoms with van der Waals surface area (Å²) in [6.45, 7) is 6.90. The van der Waals surface area contributed by atoms with E-state index in [-0.39, 0.29) is 5.54 Å². The number of nitrogens with one attached hydrogen (secondary N) is 1. The lowest BCUT2D eigenvalue weighted by Gasteiger charge is -2.29. The van der Waals surface area contributed by atoms with Crippen molar-refractivity contribution in [2.75, 3.05) is 11.9 Å². The summed E-state index contributed by atoms with van der Waals surface area (Å²) in [6, 6.07) is 3.90. The monoisotopic (exact) mass is 208 g/mol. The van der Waals surface area contributed by atoms with Crippen molar-refractivity contribution in [2.45, 2.75) is 39.2 Å². The second-order valence-corrected chi connectivity index (χ2v) is 4.14. The number of nitrogens with zero attached hydrogens (tertiary/aromatic N) is 2. The Hall–Kier alpha value is -1.16. The fourth-order valence-electron chi connectivity index (χ4n) is 1.42. The number of hydrogen-bond acceptors (Lipinski definition) is 4. The highest BCUT2D eigenvalue weighted by Crippen LogP contribution is 2.19. The average Bonchev–Trinajstić information content (AvgIpc) is 2.22. The number of rotatable bonds is 5. The summed E-state index contributed by atoms with van der Waals surface area (Å²) < 4.78 is 0. The molecule has 1 unspecified atom stereocenters. The van der Waals surface area contributed by atoms with Crippen molar-refractivity contribution in [1.82, 2.24) is 10.2 Å². The summed E-state index contributed by atoms with van der Waals surface area (Å²) >= 11 is 0. The molecule has 4 nitrogen and oxygen atoms in total. The lowest BCUT2D eigenvalue weighted by atomic mass is 9.94. The predicted molar refractivity (Wildman–Crippen MR) is 62.8 cm³/mol. The fourth-order valence-corrected chi connectivity index (χ4v) is 1.42. The van der Waals surface area contributed by atoms with E-state index in [0.717, 1.165) is 24.4 Å². The van der Waals surface area contributed by atoms with E-state index in [2.05, 4.69) is 29.4 Å². The standard InChI is InChI=1S/C11H20N4/c1-4-11(3,7-8-12)13-10-6-5-9(2)14-15-10/h5-6H,4,7-8,12H2,1-3H3,(H,13,15). The van der Waals surface area contributed by atoms with Gasteiger partial charge in [-0.15, -0.1) is 5.10 Å². The molecule has 1 heterocycles. The van der Waals surface area contributed by atoms with Crippen LogP contribution >= 0.6 is 0 Å². The van der Waals surface area contributed by atoms with Crippen molar-refractivity contribution in [3.63, 3.8) is 0 Å². The number of anilines is 1. The van der Waals surface area contributed by atoms with Crippen LogP contribution in [0.1, 0.15) is 32.4 Å². The Kier molecular flexibility index (Phi) is 4.03. The summed E-state index contributed by atoms with van der Waals surface area (Å²) in [4.78, 5) is 0. The van der Waals surface area contributed by atoms with E-state index in [1.54, 1.807) is 0 Å². The molecule has 1 aromatic heterocycles. The quantitative estimate of drug-likeness (QED) is 0.773. The van der Waals surface area contributed by atoms with Gasteiger partial charge in [0.2, 0.25) is 0 Å². The maximum atomic E-state index is 5.59. The lowest BCUT2D eigenvalue weighted by Crippen LogP contribution is -2.36. The molecular weight excluding hydrogens is 188 g/mol. The SMILES string of the molecule is CCC(C)(CCN)Nc1ccc(C)nn1. The zero-order valence-corrected chi connectivity index (χ0v) is 9.75. The van der Waals surface area contributed by atoms with Crippen molar-refractivity contribution in [3.05, 3.63) is 17.8 Å². The van der Waals surface area contributed by atoms with Crippen molar-refractivity contribution in [1.29, 1.82) is 0 Å². The van der Waals surface area contributed by atoms with Crippen LogP contribution in [-0.2, 0) is 0 Å². The van der Waals surface area contributed by atoms with E-state index in [1.807, 2.05) is 19.1 Å². The van der Waals surface area contributed by atoms with Gasteiger partial charge in [0.15, 0.2) is 0 Å². The molecule has 0 spiro atoms. The molecule has 0 aliphatic carbocycles. The summed E-state index contributed by atoms with van der Waals surface area (Å²) in [6.07, 6.45) is 1.94. The van der Waals surface area contributed by atoms with E-state index < -0.39 is 0 Å². The van der Waals surface area contributed by atoms with Crippen LogP contribution in [0.4, 0.5) is 5.82 Å². The number of hydrogen-bond donors (Lipinski definition) is 2. The molecule has 0 bridgehead atoms. The van der Waals surface area contributed by atoms with Gasteiger partial charge >= 0.3 is 0 Å². The minimum absolute atomic E-state index is 0.0126. The molecule has 0 fully saturated rings. The molecular formula is C11H20N4. The van der Waals surface area contributed by atoms with E-state index in [4.69, 9.17) is 5.73 Å². The van der Waals surface area contributed by atoms with Crippen LogP contribution in [0, 0.1) is 6.92 Å². The molecule has 3 N–H and O–H groups in total. The first-order chi connectivity index (χ1) is 7.09. The van der Waals surface area contributed by atoms with Crippen molar-refractivity contribution in [3.8, 4) is 0 Å². The first-order valence-corrected chi connectivity index (χ1v) is 5.38. The molecule has 1 atom stereocenters.